The summed E-state index contributed by atoms with van der Waals surface area (Å²) < 4.78 is 0. The number of hydrogen-bond acceptors (Lipinski definition) is 2. The Hall–Kier alpha value is -2.29. The van der Waals surface area contributed by atoms with Crippen LogP contribution in [0.25, 0.3) is 0 Å². The molecule has 2 heterocycles. The highest BCUT2D eigenvalue weighted by Gasteiger charge is 2.37. The number of benzene rings is 2. The van der Waals surface area contributed by atoms with E-state index in [1.165, 1.54) is 11.1 Å². The zero-order valence-corrected chi connectivity index (χ0v) is 14.4. The van der Waals surface area contributed by atoms with Crippen LogP contribution >= 0.6 is 0 Å². The number of rotatable bonds is 0. The summed E-state index contributed by atoms with van der Waals surface area (Å²) >= 11 is 0. The number of nitrogens with one attached hydrogen (secondary N) is 2. The van der Waals surface area contributed by atoms with E-state index in [1.807, 2.05) is 58.0 Å². The fourth-order valence-electron chi connectivity index (χ4n) is 3.20. The normalized spacial score (nSPS) is 19.9. The van der Waals surface area contributed by atoms with Gasteiger partial charge in [0, 0.05) is 23.7 Å². The van der Waals surface area contributed by atoms with Gasteiger partial charge < -0.3 is 10.6 Å². The second kappa shape index (κ2) is 7.82. The molecule has 122 valence electrons. The first-order chi connectivity index (χ1) is 11.3. The minimum Gasteiger partial charge on any atom is -0.377 e. The van der Waals surface area contributed by atoms with Crippen molar-refractivity contribution in [2.45, 2.75) is 46.1 Å². The molecule has 0 aromatic heterocycles. The summed E-state index contributed by atoms with van der Waals surface area (Å²) in [4.78, 5) is 12.1. The molecule has 0 bridgehead atoms. The monoisotopic (exact) mass is 310 g/mol. The van der Waals surface area contributed by atoms with E-state index < -0.39 is 0 Å². The van der Waals surface area contributed by atoms with Crippen molar-refractivity contribution >= 4 is 17.3 Å². The number of carbonyl (C=O) groups is 1. The molecule has 2 atom stereocenters. The highest BCUT2D eigenvalue weighted by Crippen LogP contribution is 2.48. The van der Waals surface area contributed by atoms with Crippen LogP contribution in [0.1, 0.15) is 57.2 Å². The Kier molecular flexibility index (Phi) is 5.80. The molecule has 2 aliphatic heterocycles. The van der Waals surface area contributed by atoms with Crippen molar-refractivity contribution in [3.8, 4) is 0 Å². The Morgan fingerprint density at radius 2 is 1.39 bits per heavy atom. The average molecular weight is 310 g/mol. The maximum atomic E-state index is 12.1. The van der Waals surface area contributed by atoms with Crippen LogP contribution in [0.4, 0.5) is 11.4 Å². The molecule has 0 aliphatic carbocycles. The Labute approximate surface area is 139 Å². The predicted octanol–water partition coefficient (Wildman–Crippen LogP) is 5.33. The number of carbonyl (C=O) groups excluding carboxylic acids is 1. The number of hydrogen-bond donors (Lipinski definition) is 2. The van der Waals surface area contributed by atoms with Crippen LogP contribution in [0.2, 0.25) is 0 Å². The molecule has 2 aromatic rings. The fourth-order valence-corrected chi connectivity index (χ4v) is 3.20. The summed E-state index contributed by atoms with van der Waals surface area (Å²) in [6.45, 7) is 8.00. The SMILES string of the molecule is CC.CC.O=C1CC2c3ccccc3NC2c2ccccc2N1. The van der Waals surface area contributed by atoms with E-state index in [9.17, 15) is 4.79 Å². The molecule has 23 heavy (non-hydrogen) atoms. The van der Waals surface area contributed by atoms with Crippen molar-refractivity contribution in [1.29, 1.82) is 0 Å². The summed E-state index contributed by atoms with van der Waals surface area (Å²) in [6, 6.07) is 16.5. The van der Waals surface area contributed by atoms with E-state index in [4.69, 9.17) is 0 Å². The Morgan fingerprint density at radius 3 is 2.09 bits per heavy atom. The summed E-state index contributed by atoms with van der Waals surface area (Å²) in [6.07, 6.45) is 0.531. The summed E-state index contributed by atoms with van der Waals surface area (Å²) in [5, 5.41) is 6.56. The van der Waals surface area contributed by atoms with Gasteiger partial charge in [0.2, 0.25) is 5.91 Å². The third kappa shape index (κ3) is 3.24. The van der Waals surface area contributed by atoms with Crippen LogP contribution in [0, 0.1) is 0 Å². The van der Waals surface area contributed by atoms with Gasteiger partial charge in [-0.15, -0.1) is 0 Å². The van der Waals surface area contributed by atoms with Gasteiger partial charge in [-0.25, -0.2) is 0 Å². The number of amides is 1. The molecule has 0 saturated heterocycles. The average Bonchev–Trinajstić information content (AvgIpc) is 2.90. The summed E-state index contributed by atoms with van der Waals surface area (Å²) in [5.74, 6) is 0.318. The molecule has 3 heteroatoms. The molecule has 3 nitrogen and oxygen atoms in total. The fraction of sp³-hybridized carbons (Fsp3) is 0.350. The number of anilines is 2. The van der Waals surface area contributed by atoms with E-state index in [-0.39, 0.29) is 17.9 Å². The number of para-hydroxylation sites is 2. The Bertz CT molecular complexity index is 666. The molecule has 1 amide bonds. The van der Waals surface area contributed by atoms with E-state index in [0.29, 0.717) is 6.42 Å². The molecule has 2 aliphatic rings. The van der Waals surface area contributed by atoms with Crippen LogP contribution in [0.5, 0.6) is 0 Å². The minimum absolute atomic E-state index is 0.0958. The van der Waals surface area contributed by atoms with E-state index in [1.54, 1.807) is 0 Å². The molecule has 0 radical (unpaired) electrons. The predicted molar refractivity (Wildman–Crippen MR) is 97.9 cm³/mol. The van der Waals surface area contributed by atoms with E-state index in [2.05, 4.69) is 28.8 Å². The van der Waals surface area contributed by atoms with Gasteiger partial charge in [0.15, 0.2) is 0 Å². The molecule has 2 unspecified atom stereocenters. The lowest BCUT2D eigenvalue weighted by molar-refractivity contribution is -0.116. The van der Waals surface area contributed by atoms with Gasteiger partial charge in [0.25, 0.3) is 0 Å². The van der Waals surface area contributed by atoms with Crippen LogP contribution < -0.4 is 10.6 Å². The smallest absolute Gasteiger partial charge is 0.225 e. The minimum atomic E-state index is 0.0958. The van der Waals surface area contributed by atoms with Crippen molar-refractivity contribution in [3.05, 3.63) is 59.7 Å². The van der Waals surface area contributed by atoms with Crippen LogP contribution in [-0.2, 0) is 4.79 Å². The highest BCUT2D eigenvalue weighted by atomic mass is 16.1. The second-order valence-electron chi connectivity index (χ2n) is 5.16. The first-order valence-corrected chi connectivity index (χ1v) is 8.57. The molecule has 0 saturated carbocycles. The topological polar surface area (TPSA) is 41.1 Å². The molecule has 4 rings (SSSR count). The van der Waals surface area contributed by atoms with Crippen LogP contribution in [0.3, 0.4) is 0 Å². The molecular formula is C20H26N2O. The van der Waals surface area contributed by atoms with E-state index in [0.717, 1.165) is 11.4 Å². The lowest BCUT2D eigenvalue weighted by Gasteiger charge is -2.18. The standard InChI is InChI=1S/C16H14N2O.2C2H6/c19-15-9-12-10-5-1-3-7-13(10)18-16(12)11-6-2-4-8-14(11)17-15;2*1-2/h1-8,12,16,18H,9H2,(H,17,19);2*1-2H3. The zero-order valence-electron chi connectivity index (χ0n) is 14.4. The quantitative estimate of drug-likeness (QED) is 0.690. The molecule has 2 aromatic carbocycles. The van der Waals surface area contributed by atoms with Gasteiger partial charge in [0.1, 0.15) is 0 Å². The second-order valence-corrected chi connectivity index (χ2v) is 5.16. The van der Waals surface area contributed by atoms with Gasteiger partial charge in [-0.1, -0.05) is 64.1 Å². The van der Waals surface area contributed by atoms with Gasteiger partial charge in [-0.05, 0) is 23.3 Å². The van der Waals surface area contributed by atoms with Gasteiger partial charge in [-0.2, -0.15) is 0 Å². The summed E-state index contributed by atoms with van der Waals surface area (Å²) in [7, 11) is 0. The first-order valence-electron chi connectivity index (χ1n) is 8.57. The van der Waals surface area contributed by atoms with Crippen molar-refractivity contribution < 1.29 is 4.79 Å². The van der Waals surface area contributed by atoms with E-state index >= 15 is 0 Å². The summed E-state index contributed by atoms with van der Waals surface area (Å²) in [5.41, 5.74) is 4.51. The van der Waals surface area contributed by atoms with Crippen molar-refractivity contribution in [2.75, 3.05) is 10.6 Å². The third-order valence-electron chi connectivity index (χ3n) is 4.05. The van der Waals surface area contributed by atoms with Gasteiger partial charge in [0.05, 0.1) is 6.04 Å². The molecule has 0 fully saturated rings. The Morgan fingerprint density at radius 1 is 0.826 bits per heavy atom. The first kappa shape index (κ1) is 17.1. The lowest BCUT2D eigenvalue weighted by atomic mass is 9.88. The maximum absolute atomic E-state index is 12.1. The third-order valence-corrected chi connectivity index (χ3v) is 4.05. The van der Waals surface area contributed by atoms with Crippen molar-refractivity contribution in [3.63, 3.8) is 0 Å². The van der Waals surface area contributed by atoms with Crippen molar-refractivity contribution in [2.24, 2.45) is 0 Å². The zero-order chi connectivity index (χ0) is 16.8. The van der Waals surface area contributed by atoms with Crippen molar-refractivity contribution in [1.82, 2.24) is 0 Å². The largest absolute Gasteiger partial charge is 0.377 e. The number of fused-ring (bicyclic) bond motifs is 5. The van der Waals surface area contributed by atoms with Crippen LogP contribution in [0.15, 0.2) is 48.5 Å². The maximum Gasteiger partial charge on any atom is 0.225 e. The lowest BCUT2D eigenvalue weighted by Crippen LogP contribution is -2.13. The van der Waals surface area contributed by atoms with Gasteiger partial charge >= 0.3 is 0 Å². The molecule has 2 N–H and O–H groups in total. The van der Waals surface area contributed by atoms with Crippen LogP contribution in [-0.4, -0.2) is 5.91 Å². The highest BCUT2D eigenvalue weighted by molar-refractivity contribution is 5.94. The van der Waals surface area contributed by atoms with Gasteiger partial charge in [-0.3, -0.25) is 4.79 Å². The molecule has 0 spiro atoms. The molecular weight excluding hydrogens is 284 g/mol. The Balaban J connectivity index is 0.000000448.